The lowest BCUT2D eigenvalue weighted by atomic mass is 10.1. The molecule has 0 fully saturated rings. The molecule has 2 nitrogen and oxygen atoms in total. The van der Waals surface area contributed by atoms with Gasteiger partial charge in [0.25, 0.3) is 0 Å². The van der Waals surface area contributed by atoms with Crippen LogP contribution in [-0.4, -0.2) is 4.98 Å². The van der Waals surface area contributed by atoms with Gasteiger partial charge in [-0.3, -0.25) is 0 Å². The minimum Gasteiger partial charge on any atom is -0.354 e. The van der Waals surface area contributed by atoms with E-state index in [2.05, 4.69) is 47.8 Å². The molecule has 0 saturated carbocycles. The van der Waals surface area contributed by atoms with Crippen LogP contribution in [0.2, 0.25) is 0 Å². The van der Waals surface area contributed by atoms with Gasteiger partial charge in [-0.1, -0.05) is 78.9 Å². The molecule has 0 aliphatic rings. The van der Waals surface area contributed by atoms with E-state index in [0.29, 0.717) is 0 Å². The predicted octanol–water partition coefficient (Wildman–Crippen LogP) is 7.95. The molecule has 3 heteroatoms. The fourth-order valence-electron chi connectivity index (χ4n) is 3.70. The zero-order valence-electron chi connectivity index (χ0n) is 17.4. The van der Waals surface area contributed by atoms with E-state index in [1.165, 1.54) is 12.1 Å². The van der Waals surface area contributed by atoms with Crippen molar-refractivity contribution in [3.05, 3.63) is 126 Å². The molecule has 0 atom stereocenters. The molecule has 32 heavy (non-hydrogen) atoms. The molecule has 0 aliphatic heterocycles. The molecule has 5 aromatic rings. The summed E-state index contributed by atoms with van der Waals surface area (Å²) in [6.07, 6.45) is 4.22. The van der Waals surface area contributed by atoms with Gasteiger partial charge in [0.15, 0.2) is 0 Å². The maximum Gasteiger partial charge on any atom is 0.123 e. The van der Waals surface area contributed by atoms with Gasteiger partial charge in [-0.25, -0.2) is 9.37 Å². The molecule has 0 saturated heterocycles. The van der Waals surface area contributed by atoms with Crippen LogP contribution >= 0.6 is 0 Å². The smallest absolute Gasteiger partial charge is 0.123 e. The van der Waals surface area contributed by atoms with Gasteiger partial charge in [-0.2, -0.15) is 0 Å². The average Bonchev–Trinajstić information content (AvgIpc) is 2.84. The first kappa shape index (κ1) is 19.7. The summed E-state index contributed by atoms with van der Waals surface area (Å²) in [5.41, 5.74) is 6.74. The highest BCUT2D eigenvalue weighted by molar-refractivity contribution is 5.96. The first-order chi connectivity index (χ1) is 15.8. The number of hydrogen-bond donors (Lipinski definition) is 1. The average molecular weight is 416 g/mol. The van der Waals surface area contributed by atoms with Crippen LogP contribution in [0.25, 0.3) is 34.3 Å². The molecule has 0 radical (unpaired) electrons. The van der Waals surface area contributed by atoms with Gasteiger partial charge >= 0.3 is 0 Å². The number of nitrogens with zero attached hydrogens (tertiary/aromatic N) is 1. The van der Waals surface area contributed by atoms with Crippen molar-refractivity contribution in [3.8, 4) is 11.3 Å². The Morgan fingerprint density at radius 2 is 1.38 bits per heavy atom. The van der Waals surface area contributed by atoms with Crippen LogP contribution in [0.15, 0.2) is 109 Å². The van der Waals surface area contributed by atoms with Crippen LogP contribution in [0.4, 0.5) is 15.8 Å². The summed E-state index contributed by atoms with van der Waals surface area (Å²) in [6.45, 7) is 0. The second-order valence-electron chi connectivity index (χ2n) is 7.54. The zero-order valence-corrected chi connectivity index (χ0v) is 17.4. The minimum atomic E-state index is -0.257. The Kier molecular flexibility index (Phi) is 5.46. The molecule has 0 unspecified atom stereocenters. The van der Waals surface area contributed by atoms with Crippen LogP contribution in [0.5, 0.6) is 0 Å². The van der Waals surface area contributed by atoms with Gasteiger partial charge in [-0.05, 0) is 53.6 Å². The fraction of sp³-hybridized carbons (Fsp3) is 0. The van der Waals surface area contributed by atoms with Gasteiger partial charge in [0, 0.05) is 16.6 Å². The fourth-order valence-corrected chi connectivity index (χ4v) is 3.70. The third-order valence-electron chi connectivity index (χ3n) is 5.34. The number of halogens is 1. The van der Waals surface area contributed by atoms with E-state index in [0.717, 1.165) is 44.7 Å². The van der Waals surface area contributed by atoms with E-state index in [1.807, 2.05) is 54.6 Å². The van der Waals surface area contributed by atoms with Crippen molar-refractivity contribution >= 4 is 34.4 Å². The standard InChI is InChI=1S/C29H21FN2/c30-24-18-16-23(17-19-24)28-20-29(25-11-5-7-13-27(25)32-28)31-26-12-6-4-10-22(26)15-14-21-8-2-1-3-9-21/h1-20H,(H,31,32)/b15-14+. The van der Waals surface area contributed by atoms with Crippen molar-refractivity contribution in [1.82, 2.24) is 4.98 Å². The SMILES string of the molecule is Fc1ccc(-c2cc(Nc3ccccc3/C=C/c3ccccc3)c3ccccc3n2)cc1. The van der Waals surface area contributed by atoms with Crippen LogP contribution in [0.1, 0.15) is 11.1 Å². The van der Waals surface area contributed by atoms with E-state index in [4.69, 9.17) is 4.98 Å². The second-order valence-corrected chi connectivity index (χ2v) is 7.54. The van der Waals surface area contributed by atoms with Crippen LogP contribution in [0, 0.1) is 5.82 Å². The van der Waals surface area contributed by atoms with E-state index in [1.54, 1.807) is 12.1 Å². The summed E-state index contributed by atoms with van der Waals surface area (Å²) >= 11 is 0. The number of benzene rings is 4. The number of aromatic nitrogens is 1. The van der Waals surface area contributed by atoms with E-state index < -0.39 is 0 Å². The topological polar surface area (TPSA) is 24.9 Å². The Balaban J connectivity index is 1.56. The highest BCUT2D eigenvalue weighted by Crippen LogP contribution is 2.32. The maximum atomic E-state index is 13.4. The van der Waals surface area contributed by atoms with Crippen molar-refractivity contribution in [1.29, 1.82) is 0 Å². The Hall–Kier alpha value is -4.24. The molecule has 0 bridgehead atoms. The zero-order chi connectivity index (χ0) is 21.8. The third kappa shape index (κ3) is 4.28. The molecular formula is C29H21FN2. The lowest BCUT2D eigenvalue weighted by molar-refractivity contribution is 0.628. The maximum absolute atomic E-state index is 13.4. The van der Waals surface area contributed by atoms with Crippen molar-refractivity contribution in [2.75, 3.05) is 5.32 Å². The van der Waals surface area contributed by atoms with Gasteiger partial charge in [0.2, 0.25) is 0 Å². The first-order valence-electron chi connectivity index (χ1n) is 10.5. The second kappa shape index (κ2) is 8.86. The van der Waals surface area contributed by atoms with E-state index in [9.17, 15) is 4.39 Å². The van der Waals surface area contributed by atoms with Gasteiger partial charge in [-0.15, -0.1) is 0 Å². The summed E-state index contributed by atoms with van der Waals surface area (Å²) in [4.78, 5) is 4.80. The molecule has 154 valence electrons. The van der Waals surface area contributed by atoms with E-state index in [-0.39, 0.29) is 5.82 Å². The van der Waals surface area contributed by atoms with Gasteiger partial charge in [0.1, 0.15) is 5.82 Å². The number of para-hydroxylation sites is 2. The summed E-state index contributed by atoms with van der Waals surface area (Å²) in [7, 11) is 0. The summed E-state index contributed by atoms with van der Waals surface area (Å²) in [5, 5.41) is 4.64. The summed E-state index contributed by atoms with van der Waals surface area (Å²) in [5.74, 6) is -0.257. The molecule has 0 spiro atoms. The molecule has 0 amide bonds. The third-order valence-corrected chi connectivity index (χ3v) is 5.34. The molecule has 1 N–H and O–H groups in total. The lowest BCUT2D eigenvalue weighted by Gasteiger charge is -2.14. The van der Waals surface area contributed by atoms with Crippen LogP contribution in [-0.2, 0) is 0 Å². The molecule has 5 rings (SSSR count). The highest BCUT2D eigenvalue weighted by atomic mass is 19.1. The Labute approximate surface area is 186 Å². The van der Waals surface area contributed by atoms with Gasteiger partial charge < -0.3 is 5.32 Å². The van der Waals surface area contributed by atoms with Crippen molar-refractivity contribution < 1.29 is 4.39 Å². The van der Waals surface area contributed by atoms with Crippen molar-refractivity contribution in [3.63, 3.8) is 0 Å². The molecule has 4 aromatic carbocycles. The Morgan fingerprint density at radius 3 is 2.22 bits per heavy atom. The predicted molar refractivity (Wildman–Crippen MR) is 132 cm³/mol. The largest absolute Gasteiger partial charge is 0.354 e. The number of rotatable bonds is 5. The molecular weight excluding hydrogens is 395 g/mol. The molecule has 1 heterocycles. The van der Waals surface area contributed by atoms with E-state index >= 15 is 0 Å². The van der Waals surface area contributed by atoms with Gasteiger partial charge in [0.05, 0.1) is 16.9 Å². The summed E-state index contributed by atoms with van der Waals surface area (Å²) < 4.78 is 13.4. The van der Waals surface area contributed by atoms with Crippen molar-refractivity contribution in [2.24, 2.45) is 0 Å². The quantitative estimate of drug-likeness (QED) is 0.294. The number of nitrogens with one attached hydrogen (secondary N) is 1. The lowest BCUT2D eigenvalue weighted by Crippen LogP contribution is -1.96. The Morgan fingerprint density at radius 1 is 0.656 bits per heavy atom. The highest BCUT2D eigenvalue weighted by Gasteiger charge is 2.09. The normalized spacial score (nSPS) is 11.2. The minimum absolute atomic E-state index is 0.257. The number of pyridine rings is 1. The monoisotopic (exact) mass is 416 g/mol. The number of hydrogen-bond acceptors (Lipinski definition) is 2. The van der Waals surface area contributed by atoms with Crippen LogP contribution < -0.4 is 5.32 Å². The molecule has 0 aliphatic carbocycles. The molecule has 1 aromatic heterocycles. The number of fused-ring (bicyclic) bond motifs is 1. The summed E-state index contributed by atoms with van der Waals surface area (Å²) in [6, 6.07) is 34.9. The van der Waals surface area contributed by atoms with Crippen LogP contribution in [0.3, 0.4) is 0 Å². The number of anilines is 2. The Bertz CT molecular complexity index is 1390. The van der Waals surface area contributed by atoms with Crippen molar-refractivity contribution in [2.45, 2.75) is 0 Å². The first-order valence-corrected chi connectivity index (χ1v) is 10.5.